The average molecular weight is 520 g/mol. The second-order valence-electron chi connectivity index (χ2n) is 8.56. The molecule has 1 aliphatic heterocycles. The number of methoxy groups -OCH3 is 1. The fraction of sp³-hybridized carbons (Fsp3) is 0.304. The lowest BCUT2D eigenvalue weighted by Gasteiger charge is -2.30. The molecule has 2 aliphatic rings. The van der Waals surface area contributed by atoms with Crippen molar-refractivity contribution >= 4 is 57.5 Å². The number of aliphatic hydroxyl groups excluding tert-OH is 1. The van der Waals surface area contributed by atoms with Crippen LogP contribution < -0.4 is 0 Å². The minimum atomic E-state index is -0.635. The number of alkyl halides is 1. The van der Waals surface area contributed by atoms with Crippen LogP contribution in [0.15, 0.2) is 28.7 Å². The van der Waals surface area contributed by atoms with Gasteiger partial charge in [-0.15, -0.1) is 11.6 Å². The molecule has 3 heterocycles. The zero-order chi connectivity index (χ0) is 25.2. The molecule has 2 N–H and O–H groups in total. The molecular formula is C23H19Cl2N3O7. The number of ether oxygens (including phenoxy) is 1. The van der Waals surface area contributed by atoms with Crippen LogP contribution in [0.2, 0.25) is 5.02 Å². The Bertz CT molecular complexity index is 1440. The van der Waals surface area contributed by atoms with E-state index in [-0.39, 0.29) is 46.2 Å². The zero-order valence-electron chi connectivity index (χ0n) is 18.5. The maximum Gasteiger partial charge on any atom is 0.339 e. The minimum Gasteiger partial charge on any atom is -0.506 e. The smallest absolute Gasteiger partial charge is 0.339 e. The van der Waals surface area contributed by atoms with Crippen molar-refractivity contribution in [2.24, 2.45) is 5.92 Å². The summed E-state index contributed by atoms with van der Waals surface area (Å²) in [6.07, 6.45) is 1.54. The summed E-state index contributed by atoms with van der Waals surface area (Å²) >= 11 is 12.3. The van der Waals surface area contributed by atoms with E-state index in [1.165, 1.54) is 30.2 Å². The number of halogens is 2. The van der Waals surface area contributed by atoms with E-state index in [2.05, 4.69) is 4.98 Å². The predicted molar refractivity (Wildman–Crippen MR) is 127 cm³/mol. The first-order valence-electron chi connectivity index (χ1n) is 10.6. The van der Waals surface area contributed by atoms with Crippen LogP contribution in [0.25, 0.3) is 16.7 Å². The van der Waals surface area contributed by atoms with Crippen molar-refractivity contribution in [1.29, 1.82) is 0 Å². The number of non-ortho nitro benzene ring substituents is 1. The molecule has 0 bridgehead atoms. The molecule has 182 valence electrons. The zero-order valence-corrected chi connectivity index (χ0v) is 20.0. The number of aryl methyl sites for hydroxylation is 1. The van der Waals surface area contributed by atoms with E-state index in [4.69, 9.17) is 32.4 Å². The molecule has 1 fully saturated rings. The number of amides is 1. The molecule has 5 rings (SSSR count). The van der Waals surface area contributed by atoms with Crippen LogP contribution in [0, 0.1) is 23.0 Å². The second-order valence-corrected chi connectivity index (χ2v) is 9.30. The SMILES string of the molecule is COC(=O)c1c(C)[nH]c2c1C1C(C=C2O)N(C(=O)c2cc3cc(Cl)cc([N+](=O)[O-])c3o2)C[C@H]1CCl. The number of rotatable bonds is 4. The molecule has 0 saturated carbocycles. The lowest BCUT2D eigenvalue weighted by molar-refractivity contribution is -0.383. The summed E-state index contributed by atoms with van der Waals surface area (Å²) in [5.41, 5.74) is 1.35. The van der Waals surface area contributed by atoms with Gasteiger partial charge in [-0.05, 0) is 31.1 Å². The number of nitro groups is 1. The van der Waals surface area contributed by atoms with Crippen LogP contribution in [-0.2, 0) is 4.74 Å². The molecule has 0 spiro atoms. The molecule has 3 aromatic rings. The number of furan rings is 1. The molecule has 10 nitrogen and oxygen atoms in total. The number of likely N-dealkylation sites (tertiary alicyclic amines) is 1. The molecule has 1 aromatic carbocycles. The van der Waals surface area contributed by atoms with Gasteiger partial charge in [-0.25, -0.2) is 4.79 Å². The van der Waals surface area contributed by atoms with Gasteiger partial charge in [-0.3, -0.25) is 14.9 Å². The van der Waals surface area contributed by atoms with Crippen molar-refractivity contribution in [1.82, 2.24) is 9.88 Å². The number of nitro benzene ring substituents is 1. The van der Waals surface area contributed by atoms with E-state index in [9.17, 15) is 24.8 Å². The highest BCUT2D eigenvalue weighted by molar-refractivity contribution is 6.31. The topological polar surface area (TPSA) is 139 Å². The number of aliphatic hydroxyl groups is 1. The number of carbonyl (C=O) groups excluding carboxylic acids is 2. The van der Waals surface area contributed by atoms with Crippen molar-refractivity contribution < 1.29 is 28.8 Å². The normalized spacial score (nSPS) is 21.0. The van der Waals surface area contributed by atoms with Gasteiger partial charge in [0.1, 0.15) is 5.76 Å². The van der Waals surface area contributed by atoms with Crippen molar-refractivity contribution in [2.75, 3.05) is 19.5 Å². The highest BCUT2D eigenvalue weighted by atomic mass is 35.5. The fourth-order valence-corrected chi connectivity index (χ4v) is 5.71. The molecule has 0 radical (unpaired) electrons. The average Bonchev–Trinajstić information content (AvgIpc) is 3.50. The Morgan fingerprint density at radius 3 is 2.77 bits per heavy atom. The summed E-state index contributed by atoms with van der Waals surface area (Å²) in [5.74, 6) is -1.78. The summed E-state index contributed by atoms with van der Waals surface area (Å²) in [5, 5.41) is 22.7. The second kappa shape index (κ2) is 8.31. The number of benzene rings is 1. The van der Waals surface area contributed by atoms with E-state index >= 15 is 0 Å². The third-order valence-electron chi connectivity index (χ3n) is 6.63. The first-order chi connectivity index (χ1) is 16.7. The van der Waals surface area contributed by atoms with Gasteiger partial charge in [0, 0.05) is 46.1 Å². The highest BCUT2D eigenvalue weighted by Gasteiger charge is 2.49. The Morgan fingerprint density at radius 2 is 2.11 bits per heavy atom. The summed E-state index contributed by atoms with van der Waals surface area (Å²) in [6.45, 7) is 1.92. The Balaban J connectivity index is 1.60. The molecule has 1 saturated heterocycles. The van der Waals surface area contributed by atoms with Crippen molar-refractivity contribution in [3.05, 3.63) is 67.7 Å². The molecule has 1 amide bonds. The van der Waals surface area contributed by atoms with Gasteiger partial charge in [0.2, 0.25) is 5.58 Å². The van der Waals surface area contributed by atoms with Gasteiger partial charge in [-0.2, -0.15) is 0 Å². The van der Waals surface area contributed by atoms with Crippen LogP contribution in [0.4, 0.5) is 5.69 Å². The van der Waals surface area contributed by atoms with Gasteiger partial charge in [0.15, 0.2) is 5.76 Å². The maximum atomic E-state index is 13.6. The number of carbonyl (C=O) groups is 2. The Hall–Kier alpha value is -3.50. The summed E-state index contributed by atoms with van der Waals surface area (Å²) in [7, 11) is 1.27. The predicted octanol–water partition coefficient (Wildman–Crippen LogP) is 4.79. The van der Waals surface area contributed by atoms with Gasteiger partial charge < -0.3 is 24.1 Å². The van der Waals surface area contributed by atoms with E-state index in [0.717, 1.165) is 6.07 Å². The Morgan fingerprint density at radius 1 is 1.37 bits per heavy atom. The van der Waals surface area contributed by atoms with Crippen LogP contribution in [-0.4, -0.2) is 57.4 Å². The minimum absolute atomic E-state index is 0.0639. The van der Waals surface area contributed by atoms with E-state index in [0.29, 0.717) is 27.9 Å². The molecular weight excluding hydrogens is 501 g/mol. The van der Waals surface area contributed by atoms with Crippen molar-refractivity contribution in [3.63, 3.8) is 0 Å². The number of aromatic nitrogens is 1. The van der Waals surface area contributed by atoms with Gasteiger partial charge in [-0.1, -0.05) is 11.6 Å². The number of H-pyrrole nitrogens is 1. The van der Waals surface area contributed by atoms with Gasteiger partial charge in [0.25, 0.3) is 5.91 Å². The summed E-state index contributed by atoms with van der Waals surface area (Å²) in [4.78, 5) is 41.5. The quantitative estimate of drug-likeness (QED) is 0.218. The third kappa shape index (κ3) is 3.47. The van der Waals surface area contributed by atoms with Crippen LogP contribution >= 0.6 is 23.2 Å². The molecule has 35 heavy (non-hydrogen) atoms. The molecule has 1 aliphatic carbocycles. The number of nitrogens with zero attached hydrogens (tertiary/aromatic N) is 2. The maximum absolute atomic E-state index is 13.6. The first-order valence-corrected chi connectivity index (χ1v) is 11.5. The number of aromatic amines is 1. The molecule has 2 unspecified atom stereocenters. The number of nitrogens with one attached hydrogen (secondary N) is 1. The standard InChI is InChI=1S/C23H19Cl2N3O7/c1-9-17(23(31)34-2)19-18-11(7-24)8-27(13(18)6-15(29)20(19)26-9)22(30)16-4-10-3-12(25)5-14(28(32)33)21(10)35-16/h3-6,11,13,18,26,29H,7-8H2,1-2H3/t11-,13?,18?/m1/s1. The number of fused-ring (bicyclic) bond motifs is 4. The van der Waals surface area contributed by atoms with Gasteiger partial charge >= 0.3 is 11.7 Å². The van der Waals surface area contributed by atoms with Crippen LogP contribution in [0.5, 0.6) is 0 Å². The Kier molecular flexibility index (Phi) is 5.52. The number of esters is 1. The molecule has 3 atom stereocenters. The lowest BCUT2D eigenvalue weighted by Crippen LogP contribution is -2.37. The van der Waals surface area contributed by atoms with E-state index in [1.807, 2.05) is 0 Å². The third-order valence-corrected chi connectivity index (χ3v) is 7.24. The number of hydrogen-bond acceptors (Lipinski definition) is 7. The van der Waals surface area contributed by atoms with Crippen molar-refractivity contribution in [2.45, 2.75) is 18.9 Å². The summed E-state index contributed by atoms with van der Waals surface area (Å²) in [6, 6.07) is 3.40. The largest absolute Gasteiger partial charge is 0.506 e. The number of hydrogen-bond donors (Lipinski definition) is 2. The van der Waals surface area contributed by atoms with Gasteiger partial charge in [0.05, 0.1) is 29.3 Å². The van der Waals surface area contributed by atoms with Crippen LogP contribution in [0.1, 0.15) is 43.8 Å². The fourth-order valence-electron chi connectivity index (χ4n) is 5.20. The lowest BCUT2D eigenvalue weighted by atomic mass is 9.79. The first kappa shape index (κ1) is 23.3. The van der Waals surface area contributed by atoms with E-state index in [1.54, 1.807) is 6.92 Å². The van der Waals surface area contributed by atoms with Crippen molar-refractivity contribution in [3.8, 4) is 0 Å². The molecule has 2 aromatic heterocycles. The summed E-state index contributed by atoms with van der Waals surface area (Å²) < 4.78 is 10.6. The van der Waals surface area contributed by atoms with E-state index < -0.39 is 28.8 Å². The monoisotopic (exact) mass is 519 g/mol. The molecule has 12 heteroatoms. The highest BCUT2D eigenvalue weighted by Crippen LogP contribution is 2.48. The van der Waals surface area contributed by atoms with Crippen LogP contribution in [0.3, 0.4) is 0 Å². The Labute approximate surface area is 208 Å².